The Balaban J connectivity index is 2.21. The topological polar surface area (TPSA) is 21.3 Å². The van der Waals surface area contributed by atoms with Crippen LogP contribution in [0, 0.1) is 11.6 Å². The Morgan fingerprint density at radius 1 is 0.905 bits per heavy atom. The number of para-hydroxylation sites is 1. The van der Waals surface area contributed by atoms with E-state index in [4.69, 9.17) is 4.74 Å². The molecule has 0 spiro atoms. The highest BCUT2D eigenvalue weighted by molar-refractivity contribution is 5.36. The van der Waals surface area contributed by atoms with E-state index in [0.29, 0.717) is 0 Å². The number of halogens is 2. The highest BCUT2D eigenvalue weighted by Gasteiger charge is 2.19. The van der Waals surface area contributed by atoms with Crippen LogP contribution in [0.2, 0.25) is 0 Å². The number of benzene rings is 2. The van der Waals surface area contributed by atoms with Crippen molar-refractivity contribution in [1.29, 1.82) is 0 Å². The molecule has 0 aliphatic rings. The molecule has 2 atom stereocenters. The molecule has 2 aromatic carbocycles. The number of ether oxygens (including phenoxy) is 1. The fraction of sp³-hybridized carbons (Fsp3) is 0.294. The first-order valence-electron chi connectivity index (χ1n) is 6.87. The van der Waals surface area contributed by atoms with Crippen molar-refractivity contribution in [3.63, 3.8) is 0 Å². The van der Waals surface area contributed by atoms with Crippen molar-refractivity contribution in [3.05, 3.63) is 65.2 Å². The average molecular weight is 291 g/mol. The third kappa shape index (κ3) is 3.39. The molecular weight excluding hydrogens is 272 g/mol. The summed E-state index contributed by atoms with van der Waals surface area (Å²) < 4.78 is 32.9. The van der Waals surface area contributed by atoms with Crippen molar-refractivity contribution in [2.45, 2.75) is 25.9 Å². The van der Waals surface area contributed by atoms with Gasteiger partial charge in [-0.15, -0.1) is 0 Å². The van der Waals surface area contributed by atoms with Gasteiger partial charge in [0.05, 0.1) is 7.11 Å². The molecule has 0 saturated carbocycles. The second-order valence-corrected chi connectivity index (χ2v) is 4.99. The van der Waals surface area contributed by atoms with Crippen LogP contribution in [0.1, 0.15) is 37.1 Å². The van der Waals surface area contributed by atoms with Gasteiger partial charge in [-0.2, -0.15) is 0 Å². The van der Waals surface area contributed by atoms with Crippen molar-refractivity contribution >= 4 is 0 Å². The molecule has 0 aromatic heterocycles. The third-order valence-corrected chi connectivity index (χ3v) is 3.54. The molecule has 0 radical (unpaired) electrons. The molecular formula is C17H19F2NO. The third-order valence-electron chi connectivity index (χ3n) is 3.54. The van der Waals surface area contributed by atoms with Gasteiger partial charge in [0.1, 0.15) is 17.4 Å². The summed E-state index contributed by atoms with van der Waals surface area (Å²) in [6, 6.07) is 10.9. The molecule has 4 heteroatoms. The van der Waals surface area contributed by atoms with E-state index >= 15 is 0 Å². The maximum atomic E-state index is 13.8. The summed E-state index contributed by atoms with van der Waals surface area (Å²) in [4.78, 5) is 0. The summed E-state index contributed by atoms with van der Waals surface area (Å²) in [5.41, 5.74) is 1.00. The quantitative estimate of drug-likeness (QED) is 0.882. The van der Waals surface area contributed by atoms with Crippen LogP contribution in [0.15, 0.2) is 42.5 Å². The zero-order valence-corrected chi connectivity index (χ0v) is 12.4. The second-order valence-electron chi connectivity index (χ2n) is 4.99. The highest BCUT2D eigenvalue weighted by atomic mass is 19.1. The number of hydrogen-bond acceptors (Lipinski definition) is 2. The lowest BCUT2D eigenvalue weighted by molar-refractivity contribution is 0.393. The average Bonchev–Trinajstić information content (AvgIpc) is 2.46. The molecule has 0 bridgehead atoms. The molecule has 1 N–H and O–H groups in total. The van der Waals surface area contributed by atoms with E-state index in [1.165, 1.54) is 18.2 Å². The molecule has 0 aliphatic carbocycles. The number of hydrogen-bond donors (Lipinski definition) is 1. The van der Waals surface area contributed by atoms with Crippen molar-refractivity contribution in [3.8, 4) is 5.75 Å². The molecule has 112 valence electrons. The van der Waals surface area contributed by atoms with Crippen LogP contribution in [0.25, 0.3) is 0 Å². The minimum Gasteiger partial charge on any atom is -0.496 e. The summed E-state index contributed by atoms with van der Waals surface area (Å²) in [6.45, 7) is 3.68. The molecule has 0 saturated heterocycles. The summed E-state index contributed by atoms with van der Waals surface area (Å²) >= 11 is 0. The van der Waals surface area contributed by atoms with E-state index in [2.05, 4.69) is 5.32 Å². The monoisotopic (exact) mass is 291 g/mol. The van der Waals surface area contributed by atoms with Crippen LogP contribution in [-0.4, -0.2) is 7.11 Å². The van der Waals surface area contributed by atoms with Crippen LogP contribution >= 0.6 is 0 Å². The molecule has 1 unspecified atom stereocenters. The van der Waals surface area contributed by atoms with Crippen molar-refractivity contribution in [2.75, 3.05) is 7.11 Å². The fourth-order valence-corrected chi connectivity index (χ4v) is 2.50. The second kappa shape index (κ2) is 6.68. The summed E-state index contributed by atoms with van der Waals surface area (Å²) in [7, 11) is 1.60. The molecule has 0 aliphatic heterocycles. The minimum atomic E-state index is -0.540. The van der Waals surface area contributed by atoms with Gasteiger partial charge in [-0.05, 0) is 32.0 Å². The predicted molar refractivity (Wildman–Crippen MR) is 79.3 cm³/mol. The molecule has 2 rings (SSSR count). The Bertz CT molecular complexity index is 595. The van der Waals surface area contributed by atoms with Crippen molar-refractivity contribution in [1.82, 2.24) is 5.32 Å². The fourth-order valence-electron chi connectivity index (χ4n) is 2.50. The lowest BCUT2D eigenvalue weighted by atomic mass is 10.0. The summed E-state index contributed by atoms with van der Waals surface area (Å²) in [5, 5.41) is 3.21. The van der Waals surface area contributed by atoms with Crippen molar-refractivity contribution in [2.24, 2.45) is 0 Å². The van der Waals surface area contributed by atoms with Gasteiger partial charge < -0.3 is 10.1 Å². The van der Waals surface area contributed by atoms with Gasteiger partial charge >= 0.3 is 0 Å². The molecule has 0 heterocycles. The Hall–Kier alpha value is -1.94. The van der Waals surface area contributed by atoms with Gasteiger partial charge in [0.15, 0.2) is 0 Å². The Kier molecular flexibility index (Phi) is 4.91. The normalized spacial score (nSPS) is 13.8. The van der Waals surface area contributed by atoms with Gasteiger partial charge in [0.25, 0.3) is 0 Å². The SMILES string of the molecule is COc1ccccc1[C@H](C)NC(C)c1c(F)cccc1F. The van der Waals surface area contributed by atoms with Gasteiger partial charge in [0, 0.05) is 23.2 Å². The first kappa shape index (κ1) is 15.4. The van der Waals surface area contributed by atoms with E-state index in [0.717, 1.165) is 11.3 Å². The van der Waals surface area contributed by atoms with Crippen LogP contribution < -0.4 is 10.1 Å². The Morgan fingerprint density at radius 3 is 2.14 bits per heavy atom. The molecule has 2 nitrogen and oxygen atoms in total. The van der Waals surface area contributed by atoms with Crippen LogP contribution in [0.5, 0.6) is 5.75 Å². The zero-order valence-electron chi connectivity index (χ0n) is 12.4. The largest absolute Gasteiger partial charge is 0.496 e. The molecule has 0 fully saturated rings. The smallest absolute Gasteiger partial charge is 0.130 e. The minimum absolute atomic E-state index is 0.0549. The van der Waals surface area contributed by atoms with E-state index in [1.807, 2.05) is 31.2 Å². The van der Waals surface area contributed by atoms with Gasteiger partial charge in [-0.1, -0.05) is 24.3 Å². The van der Waals surface area contributed by atoms with E-state index < -0.39 is 17.7 Å². The Labute approximate surface area is 123 Å². The lowest BCUT2D eigenvalue weighted by Gasteiger charge is -2.23. The standard InChI is InChI=1S/C17H19F2NO/c1-11(13-7-4-5-10-16(13)21-3)20-12(2)17-14(18)8-6-9-15(17)19/h4-12,20H,1-3H3/t11-,12?/m0/s1. The van der Waals surface area contributed by atoms with E-state index in [1.54, 1.807) is 14.0 Å². The molecule has 0 amide bonds. The van der Waals surface area contributed by atoms with Gasteiger partial charge in [0.2, 0.25) is 0 Å². The zero-order chi connectivity index (χ0) is 15.4. The first-order chi connectivity index (χ1) is 10.0. The highest BCUT2D eigenvalue weighted by Crippen LogP contribution is 2.28. The Morgan fingerprint density at radius 2 is 1.52 bits per heavy atom. The maximum Gasteiger partial charge on any atom is 0.130 e. The summed E-state index contributed by atoms with van der Waals surface area (Å²) in [5.74, 6) is -0.330. The number of methoxy groups -OCH3 is 1. The van der Waals surface area contributed by atoms with Crippen molar-refractivity contribution < 1.29 is 13.5 Å². The van der Waals surface area contributed by atoms with E-state index in [-0.39, 0.29) is 11.6 Å². The summed E-state index contributed by atoms with van der Waals surface area (Å²) in [6.07, 6.45) is 0. The van der Waals surface area contributed by atoms with Crippen LogP contribution in [-0.2, 0) is 0 Å². The molecule has 2 aromatic rings. The van der Waals surface area contributed by atoms with Gasteiger partial charge in [-0.25, -0.2) is 8.78 Å². The van der Waals surface area contributed by atoms with Crippen LogP contribution in [0.4, 0.5) is 8.78 Å². The number of rotatable bonds is 5. The van der Waals surface area contributed by atoms with Gasteiger partial charge in [-0.3, -0.25) is 0 Å². The first-order valence-corrected chi connectivity index (χ1v) is 6.87. The number of nitrogens with one attached hydrogen (secondary N) is 1. The van der Waals surface area contributed by atoms with E-state index in [9.17, 15) is 8.78 Å². The van der Waals surface area contributed by atoms with Crippen LogP contribution in [0.3, 0.4) is 0 Å². The maximum absolute atomic E-state index is 13.8. The molecule has 21 heavy (non-hydrogen) atoms. The predicted octanol–water partition coefficient (Wildman–Crippen LogP) is 4.39. The lowest BCUT2D eigenvalue weighted by Crippen LogP contribution is -2.24.